The molecule has 0 aromatic carbocycles. The number of nitrogens with one attached hydrogen (secondary N) is 1. The number of hydrogen-bond donors (Lipinski definition) is 1. The summed E-state index contributed by atoms with van der Waals surface area (Å²) in [6.45, 7) is 2.23. The van der Waals surface area contributed by atoms with E-state index < -0.39 is 0 Å². The molecule has 0 radical (unpaired) electrons. The summed E-state index contributed by atoms with van der Waals surface area (Å²) in [7, 11) is 0. The van der Waals surface area contributed by atoms with E-state index in [0.717, 1.165) is 11.7 Å². The molecule has 0 amide bonds. The molecule has 0 bridgehead atoms. The minimum absolute atomic E-state index is 0.631. The summed E-state index contributed by atoms with van der Waals surface area (Å²) >= 11 is 0. The van der Waals surface area contributed by atoms with Crippen molar-refractivity contribution in [1.29, 1.82) is 0 Å². The van der Waals surface area contributed by atoms with Crippen molar-refractivity contribution in [3.63, 3.8) is 0 Å². The zero-order valence-electron chi connectivity index (χ0n) is 6.49. The molecular weight excluding hydrogens is 138 g/mol. The summed E-state index contributed by atoms with van der Waals surface area (Å²) < 4.78 is 0. The van der Waals surface area contributed by atoms with Gasteiger partial charge < -0.3 is 5.32 Å². The Bertz CT molecular complexity index is 234. The van der Waals surface area contributed by atoms with E-state index in [1.54, 1.807) is 6.20 Å². The number of aromatic nitrogens is 2. The van der Waals surface area contributed by atoms with Crippen molar-refractivity contribution in [2.24, 2.45) is 5.92 Å². The van der Waals surface area contributed by atoms with E-state index in [1.807, 2.05) is 12.1 Å². The van der Waals surface area contributed by atoms with Crippen molar-refractivity contribution in [3.8, 4) is 0 Å². The van der Waals surface area contributed by atoms with Gasteiger partial charge in [-0.25, -0.2) is 0 Å². The maximum Gasteiger partial charge on any atom is 0.148 e. The summed E-state index contributed by atoms with van der Waals surface area (Å²) in [5.41, 5.74) is 0. The molecule has 3 nitrogen and oxygen atoms in total. The molecule has 0 spiro atoms. The molecule has 1 heterocycles. The van der Waals surface area contributed by atoms with Gasteiger partial charge in [-0.3, -0.25) is 0 Å². The molecule has 2 unspecified atom stereocenters. The van der Waals surface area contributed by atoms with Gasteiger partial charge in [0.15, 0.2) is 0 Å². The second kappa shape index (κ2) is 2.49. The lowest BCUT2D eigenvalue weighted by Gasteiger charge is -2.00. The van der Waals surface area contributed by atoms with Crippen molar-refractivity contribution in [1.82, 2.24) is 10.2 Å². The minimum Gasteiger partial charge on any atom is -0.366 e. The summed E-state index contributed by atoms with van der Waals surface area (Å²) in [6, 6.07) is 4.46. The van der Waals surface area contributed by atoms with Gasteiger partial charge in [0.2, 0.25) is 0 Å². The zero-order chi connectivity index (χ0) is 7.68. The molecule has 0 aliphatic heterocycles. The highest BCUT2D eigenvalue weighted by Crippen LogP contribution is 2.31. The number of rotatable bonds is 2. The van der Waals surface area contributed by atoms with E-state index in [2.05, 4.69) is 22.4 Å². The van der Waals surface area contributed by atoms with E-state index >= 15 is 0 Å². The van der Waals surface area contributed by atoms with Crippen molar-refractivity contribution in [2.45, 2.75) is 19.4 Å². The van der Waals surface area contributed by atoms with Crippen LogP contribution in [0.25, 0.3) is 0 Å². The smallest absolute Gasteiger partial charge is 0.148 e. The molecule has 1 aliphatic rings. The summed E-state index contributed by atoms with van der Waals surface area (Å²) in [6.07, 6.45) is 2.94. The average Bonchev–Trinajstić information content (AvgIpc) is 2.69. The molecule has 1 saturated carbocycles. The van der Waals surface area contributed by atoms with Crippen LogP contribution in [0, 0.1) is 5.92 Å². The van der Waals surface area contributed by atoms with Gasteiger partial charge in [-0.05, 0) is 24.5 Å². The maximum absolute atomic E-state index is 3.93. The monoisotopic (exact) mass is 149 g/mol. The molecule has 3 heteroatoms. The Morgan fingerprint density at radius 1 is 1.64 bits per heavy atom. The standard InChI is InChI=1S/C8H11N3/c1-6-5-7(6)10-8-3-2-4-9-11-8/h2-4,6-7H,5H2,1H3,(H,10,11). The van der Waals surface area contributed by atoms with Gasteiger partial charge in [0, 0.05) is 12.2 Å². The first-order valence-electron chi connectivity index (χ1n) is 3.90. The van der Waals surface area contributed by atoms with Crippen LogP contribution in [0.3, 0.4) is 0 Å². The first-order valence-corrected chi connectivity index (χ1v) is 3.90. The predicted octanol–water partition coefficient (Wildman–Crippen LogP) is 1.30. The second-order valence-corrected chi connectivity index (χ2v) is 3.07. The largest absolute Gasteiger partial charge is 0.366 e. The quantitative estimate of drug-likeness (QED) is 0.688. The Morgan fingerprint density at radius 2 is 2.45 bits per heavy atom. The van der Waals surface area contributed by atoms with Crippen molar-refractivity contribution >= 4 is 5.82 Å². The fourth-order valence-electron chi connectivity index (χ4n) is 1.09. The molecule has 2 rings (SSSR count). The summed E-state index contributed by atoms with van der Waals surface area (Å²) in [5.74, 6) is 1.69. The van der Waals surface area contributed by atoms with Crippen LogP contribution in [-0.4, -0.2) is 16.2 Å². The molecule has 2 atom stereocenters. The fraction of sp³-hybridized carbons (Fsp3) is 0.500. The highest BCUT2D eigenvalue weighted by molar-refractivity contribution is 5.35. The molecule has 1 aliphatic carbocycles. The fourth-order valence-corrected chi connectivity index (χ4v) is 1.09. The number of nitrogens with zero attached hydrogens (tertiary/aromatic N) is 2. The minimum atomic E-state index is 0.631. The SMILES string of the molecule is CC1CC1Nc1cccnn1. The number of hydrogen-bond acceptors (Lipinski definition) is 3. The van der Waals surface area contributed by atoms with Crippen LogP contribution in [0.1, 0.15) is 13.3 Å². The van der Waals surface area contributed by atoms with Gasteiger partial charge in [0.1, 0.15) is 5.82 Å². The lowest BCUT2D eigenvalue weighted by Crippen LogP contribution is -2.05. The van der Waals surface area contributed by atoms with Crippen molar-refractivity contribution < 1.29 is 0 Å². The first-order chi connectivity index (χ1) is 5.36. The van der Waals surface area contributed by atoms with E-state index in [4.69, 9.17) is 0 Å². The molecule has 1 aromatic heterocycles. The predicted molar refractivity (Wildman–Crippen MR) is 43.2 cm³/mol. The van der Waals surface area contributed by atoms with Gasteiger partial charge in [-0.15, -0.1) is 5.10 Å². The van der Waals surface area contributed by atoms with Crippen molar-refractivity contribution in [2.75, 3.05) is 5.32 Å². The zero-order valence-corrected chi connectivity index (χ0v) is 6.49. The van der Waals surface area contributed by atoms with Crippen LogP contribution in [0.5, 0.6) is 0 Å². The van der Waals surface area contributed by atoms with E-state index in [9.17, 15) is 0 Å². The summed E-state index contributed by atoms with van der Waals surface area (Å²) in [4.78, 5) is 0. The second-order valence-electron chi connectivity index (χ2n) is 3.07. The van der Waals surface area contributed by atoms with Gasteiger partial charge in [-0.2, -0.15) is 5.10 Å². The lowest BCUT2D eigenvalue weighted by atomic mass is 10.4. The normalized spacial score (nSPS) is 28.1. The lowest BCUT2D eigenvalue weighted by molar-refractivity contribution is 0.911. The third-order valence-corrected chi connectivity index (χ3v) is 2.02. The Hall–Kier alpha value is -1.12. The van der Waals surface area contributed by atoms with Crippen LogP contribution in [0.4, 0.5) is 5.82 Å². The molecule has 1 N–H and O–H groups in total. The van der Waals surface area contributed by atoms with Crippen LogP contribution >= 0.6 is 0 Å². The third kappa shape index (κ3) is 1.48. The van der Waals surface area contributed by atoms with Crippen LogP contribution in [0.2, 0.25) is 0 Å². The maximum atomic E-state index is 3.93. The van der Waals surface area contributed by atoms with E-state index in [0.29, 0.717) is 6.04 Å². The summed E-state index contributed by atoms with van der Waals surface area (Å²) in [5, 5.41) is 11.0. The molecule has 58 valence electrons. The molecule has 1 fully saturated rings. The molecule has 11 heavy (non-hydrogen) atoms. The Morgan fingerprint density at radius 3 is 3.00 bits per heavy atom. The average molecular weight is 149 g/mol. The van der Waals surface area contributed by atoms with Gasteiger partial charge in [0.25, 0.3) is 0 Å². The van der Waals surface area contributed by atoms with Gasteiger partial charge in [0.05, 0.1) is 0 Å². The molecule has 0 saturated heterocycles. The first kappa shape index (κ1) is 6.58. The van der Waals surface area contributed by atoms with Gasteiger partial charge in [-0.1, -0.05) is 6.92 Å². The molecule has 1 aromatic rings. The Balaban J connectivity index is 1.97. The highest BCUT2D eigenvalue weighted by Gasteiger charge is 2.32. The Labute approximate surface area is 65.8 Å². The van der Waals surface area contributed by atoms with E-state index in [-0.39, 0.29) is 0 Å². The van der Waals surface area contributed by atoms with Crippen LogP contribution in [-0.2, 0) is 0 Å². The van der Waals surface area contributed by atoms with Crippen LogP contribution < -0.4 is 5.32 Å². The topological polar surface area (TPSA) is 37.8 Å². The highest BCUT2D eigenvalue weighted by atomic mass is 15.2. The van der Waals surface area contributed by atoms with Crippen molar-refractivity contribution in [3.05, 3.63) is 18.3 Å². The third-order valence-electron chi connectivity index (χ3n) is 2.02. The number of anilines is 1. The van der Waals surface area contributed by atoms with Gasteiger partial charge >= 0.3 is 0 Å². The van der Waals surface area contributed by atoms with Crippen LogP contribution in [0.15, 0.2) is 18.3 Å². The Kier molecular flexibility index (Phi) is 1.49. The molecular formula is C8H11N3. The van der Waals surface area contributed by atoms with E-state index in [1.165, 1.54) is 6.42 Å².